The minimum Gasteiger partial charge on any atom is -0.469 e. The number of hydrogen-bond acceptors (Lipinski definition) is 4. The van der Waals surface area contributed by atoms with E-state index in [4.69, 9.17) is 11.6 Å². The number of carbonyl (C=O) groups excluding carboxylic acids is 1. The van der Waals surface area contributed by atoms with Crippen molar-refractivity contribution in [2.24, 2.45) is 0 Å². The zero-order chi connectivity index (χ0) is 12.3. The van der Waals surface area contributed by atoms with Gasteiger partial charge in [0.2, 0.25) is 0 Å². The standard InChI is InChI=1S/C11H15ClN2O2/c1-11(2,3)10-13-6-7(9(12)14-10)5-8(15)16-4/h6H,5H2,1-4H3. The molecule has 0 unspecified atom stereocenters. The Morgan fingerprint density at radius 1 is 1.50 bits per heavy atom. The smallest absolute Gasteiger partial charge is 0.310 e. The number of aromatic nitrogens is 2. The van der Waals surface area contributed by atoms with Gasteiger partial charge in [0.25, 0.3) is 0 Å². The first-order chi connectivity index (χ1) is 7.34. The number of esters is 1. The number of halogens is 1. The average molecular weight is 243 g/mol. The lowest BCUT2D eigenvalue weighted by molar-refractivity contribution is -0.139. The van der Waals surface area contributed by atoms with E-state index >= 15 is 0 Å². The predicted molar refractivity (Wildman–Crippen MR) is 61.5 cm³/mol. The maximum Gasteiger partial charge on any atom is 0.310 e. The SMILES string of the molecule is COC(=O)Cc1cnc(C(C)(C)C)nc1Cl. The van der Waals surface area contributed by atoms with E-state index in [0.717, 1.165) is 0 Å². The van der Waals surface area contributed by atoms with Crippen LogP contribution in [0.2, 0.25) is 5.15 Å². The maximum absolute atomic E-state index is 11.1. The Morgan fingerprint density at radius 2 is 2.12 bits per heavy atom. The zero-order valence-electron chi connectivity index (χ0n) is 9.87. The third kappa shape index (κ3) is 3.17. The molecule has 0 atom stereocenters. The third-order valence-corrected chi connectivity index (χ3v) is 2.37. The summed E-state index contributed by atoms with van der Waals surface area (Å²) in [5.41, 5.74) is 0.425. The van der Waals surface area contributed by atoms with Crippen molar-refractivity contribution in [1.29, 1.82) is 0 Å². The molecule has 0 N–H and O–H groups in total. The molecule has 0 bridgehead atoms. The molecule has 0 amide bonds. The second kappa shape index (κ2) is 4.78. The molecule has 0 aliphatic heterocycles. The topological polar surface area (TPSA) is 52.1 Å². The molecule has 1 aromatic heterocycles. The molecule has 0 saturated heterocycles. The van der Waals surface area contributed by atoms with Crippen LogP contribution in [-0.4, -0.2) is 23.0 Å². The van der Waals surface area contributed by atoms with Crippen molar-refractivity contribution in [1.82, 2.24) is 9.97 Å². The molecule has 0 radical (unpaired) electrons. The van der Waals surface area contributed by atoms with Crippen molar-refractivity contribution in [3.63, 3.8) is 0 Å². The number of ether oxygens (including phenoxy) is 1. The first kappa shape index (κ1) is 12.9. The molecule has 1 heterocycles. The van der Waals surface area contributed by atoms with Gasteiger partial charge in [-0.2, -0.15) is 0 Å². The summed E-state index contributed by atoms with van der Waals surface area (Å²) >= 11 is 5.98. The highest BCUT2D eigenvalue weighted by Crippen LogP contribution is 2.21. The lowest BCUT2D eigenvalue weighted by atomic mass is 9.96. The fourth-order valence-electron chi connectivity index (χ4n) is 1.09. The fraction of sp³-hybridized carbons (Fsp3) is 0.545. The molecule has 0 aliphatic rings. The van der Waals surface area contributed by atoms with Gasteiger partial charge in [-0.15, -0.1) is 0 Å². The van der Waals surface area contributed by atoms with Crippen LogP contribution in [0.3, 0.4) is 0 Å². The van der Waals surface area contributed by atoms with Crippen molar-refractivity contribution in [2.45, 2.75) is 32.6 Å². The molecule has 1 aromatic rings. The molecule has 4 nitrogen and oxygen atoms in total. The Morgan fingerprint density at radius 3 is 2.56 bits per heavy atom. The van der Waals surface area contributed by atoms with Crippen molar-refractivity contribution < 1.29 is 9.53 Å². The van der Waals surface area contributed by atoms with Crippen LogP contribution >= 0.6 is 11.6 Å². The summed E-state index contributed by atoms with van der Waals surface area (Å²) in [6.45, 7) is 6.00. The van der Waals surface area contributed by atoms with Gasteiger partial charge in [-0.1, -0.05) is 32.4 Å². The summed E-state index contributed by atoms with van der Waals surface area (Å²) in [7, 11) is 1.33. The predicted octanol–water partition coefficient (Wildman–Crippen LogP) is 2.14. The van der Waals surface area contributed by atoms with Gasteiger partial charge in [0.1, 0.15) is 11.0 Å². The number of nitrogens with zero attached hydrogens (tertiary/aromatic N) is 2. The van der Waals surface area contributed by atoms with Crippen LogP contribution in [0.25, 0.3) is 0 Å². The van der Waals surface area contributed by atoms with Crippen LogP contribution in [0.4, 0.5) is 0 Å². The largest absolute Gasteiger partial charge is 0.469 e. The van der Waals surface area contributed by atoms with Gasteiger partial charge in [-0.05, 0) is 0 Å². The molecule has 5 heteroatoms. The second-order valence-corrected chi connectivity index (χ2v) is 4.87. The van der Waals surface area contributed by atoms with E-state index in [-0.39, 0.29) is 17.8 Å². The van der Waals surface area contributed by atoms with Crippen LogP contribution in [0, 0.1) is 0 Å². The van der Waals surface area contributed by atoms with Crippen molar-refractivity contribution in [3.8, 4) is 0 Å². The highest BCUT2D eigenvalue weighted by atomic mass is 35.5. The van der Waals surface area contributed by atoms with Gasteiger partial charge in [-0.25, -0.2) is 9.97 Å². The third-order valence-electron chi connectivity index (χ3n) is 2.04. The van der Waals surface area contributed by atoms with Crippen LogP contribution in [0.15, 0.2) is 6.20 Å². The van der Waals surface area contributed by atoms with E-state index < -0.39 is 0 Å². The number of rotatable bonds is 2. The van der Waals surface area contributed by atoms with E-state index in [1.807, 2.05) is 20.8 Å². The monoisotopic (exact) mass is 242 g/mol. The van der Waals surface area contributed by atoms with E-state index in [1.165, 1.54) is 7.11 Å². The average Bonchev–Trinajstić information content (AvgIpc) is 2.19. The molecular formula is C11H15ClN2O2. The van der Waals surface area contributed by atoms with Gasteiger partial charge in [-0.3, -0.25) is 4.79 Å². The normalized spacial score (nSPS) is 11.3. The second-order valence-electron chi connectivity index (χ2n) is 4.51. The van der Waals surface area contributed by atoms with Crippen LogP contribution < -0.4 is 0 Å². The Hall–Kier alpha value is -1.16. The number of methoxy groups -OCH3 is 1. The van der Waals surface area contributed by atoms with Crippen molar-refractivity contribution in [2.75, 3.05) is 7.11 Å². The summed E-state index contributed by atoms with van der Waals surface area (Å²) in [6, 6.07) is 0. The van der Waals surface area contributed by atoms with Crippen molar-refractivity contribution in [3.05, 3.63) is 22.7 Å². The zero-order valence-corrected chi connectivity index (χ0v) is 10.6. The van der Waals surface area contributed by atoms with Gasteiger partial charge in [0.05, 0.1) is 13.5 Å². The molecule has 0 fully saturated rings. The quantitative estimate of drug-likeness (QED) is 0.589. The fourth-order valence-corrected chi connectivity index (χ4v) is 1.29. The van der Waals surface area contributed by atoms with E-state index in [9.17, 15) is 4.79 Å². The molecule has 0 aliphatic carbocycles. The summed E-state index contributed by atoms with van der Waals surface area (Å²) in [6.07, 6.45) is 1.67. The Balaban J connectivity index is 2.96. The first-order valence-corrected chi connectivity index (χ1v) is 5.31. The Bertz CT molecular complexity index is 399. The summed E-state index contributed by atoms with van der Waals surface area (Å²) < 4.78 is 4.55. The summed E-state index contributed by atoms with van der Waals surface area (Å²) in [5.74, 6) is 0.306. The molecular weight excluding hydrogens is 228 g/mol. The molecule has 0 aromatic carbocycles. The van der Waals surface area contributed by atoms with Gasteiger partial charge in [0, 0.05) is 17.2 Å². The molecule has 88 valence electrons. The Labute approximate surface area is 100 Å². The first-order valence-electron chi connectivity index (χ1n) is 4.93. The lowest BCUT2D eigenvalue weighted by Crippen LogP contribution is -2.17. The minimum atomic E-state index is -0.353. The van der Waals surface area contributed by atoms with Crippen LogP contribution in [-0.2, 0) is 21.4 Å². The molecule has 0 saturated carbocycles. The molecule has 1 rings (SSSR count). The van der Waals surface area contributed by atoms with Gasteiger partial charge >= 0.3 is 5.97 Å². The maximum atomic E-state index is 11.1. The highest BCUT2D eigenvalue weighted by Gasteiger charge is 2.19. The van der Waals surface area contributed by atoms with E-state index in [0.29, 0.717) is 16.5 Å². The summed E-state index contributed by atoms with van der Waals surface area (Å²) in [4.78, 5) is 19.5. The molecule has 0 spiro atoms. The van der Waals surface area contributed by atoms with Gasteiger partial charge in [0.15, 0.2) is 0 Å². The Kier molecular flexibility index (Phi) is 3.86. The highest BCUT2D eigenvalue weighted by molar-refractivity contribution is 6.30. The lowest BCUT2D eigenvalue weighted by Gasteiger charge is -2.16. The van der Waals surface area contributed by atoms with Crippen LogP contribution in [0.5, 0.6) is 0 Å². The van der Waals surface area contributed by atoms with Crippen molar-refractivity contribution >= 4 is 17.6 Å². The van der Waals surface area contributed by atoms with Gasteiger partial charge < -0.3 is 4.74 Å². The minimum absolute atomic E-state index is 0.0970. The number of hydrogen-bond donors (Lipinski definition) is 0. The number of carbonyl (C=O) groups is 1. The van der Waals surface area contributed by atoms with E-state index in [1.54, 1.807) is 6.20 Å². The van der Waals surface area contributed by atoms with E-state index in [2.05, 4.69) is 14.7 Å². The summed E-state index contributed by atoms with van der Waals surface area (Å²) in [5, 5.41) is 0.310. The van der Waals surface area contributed by atoms with Crippen LogP contribution in [0.1, 0.15) is 32.2 Å². The molecule has 16 heavy (non-hydrogen) atoms.